The second-order valence-corrected chi connectivity index (χ2v) is 8.69. The highest BCUT2D eigenvalue weighted by Crippen LogP contribution is 2.38. The Hall–Kier alpha value is -1.90. The number of thiazole rings is 1. The van der Waals surface area contributed by atoms with Crippen LogP contribution in [0.15, 0.2) is 24.0 Å². The van der Waals surface area contributed by atoms with Crippen molar-refractivity contribution in [2.24, 2.45) is 5.92 Å². The minimum Gasteiger partial charge on any atom is -0.375 e. The molecule has 144 valence electrons. The van der Waals surface area contributed by atoms with Crippen LogP contribution in [-0.4, -0.2) is 69.5 Å². The molecule has 2 fully saturated rings. The lowest BCUT2D eigenvalue weighted by Crippen LogP contribution is -2.72. The Kier molecular flexibility index (Phi) is 5.21. The fourth-order valence-corrected chi connectivity index (χ4v) is 4.70. The van der Waals surface area contributed by atoms with E-state index in [1.165, 1.54) is 6.20 Å². The SMILES string of the molecule is Cc1nc(COC[C@H]2CCN(C)C3(C2)CN(C(=O)c2cnccn2)C3)cs1. The van der Waals surface area contributed by atoms with E-state index < -0.39 is 0 Å². The Morgan fingerprint density at radius 2 is 2.26 bits per heavy atom. The number of ether oxygens (including phenoxy) is 1. The van der Waals surface area contributed by atoms with Gasteiger partial charge in [0, 0.05) is 30.9 Å². The van der Waals surface area contributed by atoms with Crippen molar-refractivity contribution in [3.05, 3.63) is 40.4 Å². The van der Waals surface area contributed by atoms with Crippen molar-refractivity contribution in [2.45, 2.75) is 31.9 Å². The van der Waals surface area contributed by atoms with Gasteiger partial charge in [-0.15, -0.1) is 11.3 Å². The highest BCUT2D eigenvalue weighted by Gasteiger charge is 2.51. The summed E-state index contributed by atoms with van der Waals surface area (Å²) in [5.74, 6) is 0.495. The zero-order valence-electron chi connectivity index (χ0n) is 15.8. The van der Waals surface area contributed by atoms with Gasteiger partial charge in [0.2, 0.25) is 0 Å². The normalized spacial score (nSPS) is 22.0. The van der Waals surface area contributed by atoms with Crippen LogP contribution in [0.3, 0.4) is 0 Å². The molecule has 0 aromatic carbocycles. The van der Waals surface area contributed by atoms with Crippen molar-refractivity contribution in [1.82, 2.24) is 24.8 Å². The Morgan fingerprint density at radius 1 is 1.41 bits per heavy atom. The molecule has 0 aliphatic carbocycles. The number of hydrogen-bond acceptors (Lipinski definition) is 7. The van der Waals surface area contributed by atoms with Crippen molar-refractivity contribution in [3.8, 4) is 0 Å². The number of hydrogen-bond donors (Lipinski definition) is 0. The van der Waals surface area contributed by atoms with Crippen LogP contribution < -0.4 is 0 Å². The molecule has 8 heteroatoms. The topological polar surface area (TPSA) is 71.5 Å². The predicted octanol–water partition coefficient (Wildman–Crippen LogP) is 1.99. The van der Waals surface area contributed by atoms with E-state index in [0.717, 1.165) is 49.8 Å². The maximum Gasteiger partial charge on any atom is 0.274 e. The van der Waals surface area contributed by atoms with Crippen molar-refractivity contribution in [1.29, 1.82) is 0 Å². The van der Waals surface area contributed by atoms with Gasteiger partial charge in [-0.3, -0.25) is 14.7 Å². The minimum atomic E-state index is -0.0283. The molecule has 0 bridgehead atoms. The number of aryl methyl sites for hydroxylation is 1. The maximum absolute atomic E-state index is 12.5. The number of aromatic nitrogens is 3. The summed E-state index contributed by atoms with van der Waals surface area (Å²) in [6.07, 6.45) is 6.87. The van der Waals surface area contributed by atoms with E-state index in [0.29, 0.717) is 18.2 Å². The van der Waals surface area contributed by atoms with E-state index in [4.69, 9.17) is 4.74 Å². The fraction of sp³-hybridized carbons (Fsp3) is 0.579. The predicted molar refractivity (Wildman–Crippen MR) is 103 cm³/mol. The lowest BCUT2D eigenvalue weighted by atomic mass is 9.75. The quantitative estimate of drug-likeness (QED) is 0.781. The molecule has 1 spiro atoms. The molecule has 1 atom stereocenters. The maximum atomic E-state index is 12.5. The second-order valence-electron chi connectivity index (χ2n) is 7.63. The summed E-state index contributed by atoms with van der Waals surface area (Å²) in [7, 11) is 2.17. The van der Waals surface area contributed by atoms with Gasteiger partial charge in [-0.25, -0.2) is 9.97 Å². The van der Waals surface area contributed by atoms with Crippen LogP contribution in [0.5, 0.6) is 0 Å². The molecule has 2 aromatic heterocycles. The number of carbonyl (C=O) groups is 1. The molecule has 2 aliphatic rings. The van der Waals surface area contributed by atoms with E-state index in [2.05, 4.69) is 32.3 Å². The first-order valence-electron chi connectivity index (χ1n) is 9.31. The van der Waals surface area contributed by atoms with Crippen molar-refractivity contribution in [3.63, 3.8) is 0 Å². The summed E-state index contributed by atoms with van der Waals surface area (Å²) >= 11 is 1.66. The number of piperidine rings is 1. The highest BCUT2D eigenvalue weighted by molar-refractivity contribution is 7.09. The molecular formula is C19H25N5O2S. The number of carbonyl (C=O) groups excluding carboxylic acids is 1. The van der Waals surface area contributed by atoms with Gasteiger partial charge in [0.25, 0.3) is 5.91 Å². The van der Waals surface area contributed by atoms with Crippen molar-refractivity contribution in [2.75, 3.05) is 33.3 Å². The average molecular weight is 388 g/mol. The van der Waals surface area contributed by atoms with Gasteiger partial charge < -0.3 is 9.64 Å². The summed E-state index contributed by atoms with van der Waals surface area (Å²) in [6.45, 7) is 5.89. The van der Waals surface area contributed by atoms with Crippen LogP contribution >= 0.6 is 11.3 Å². The van der Waals surface area contributed by atoms with E-state index in [1.807, 2.05) is 11.8 Å². The molecule has 0 unspecified atom stereocenters. The molecule has 2 aromatic rings. The molecular weight excluding hydrogens is 362 g/mol. The van der Waals surface area contributed by atoms with Crippen LogP contribution in [0.2, 0.25) is 0 Å². The van der Waals surface area contributed by atoms with Gasteiger partial charge in [-0.2, -0.15) is 0 Å². The van der Waals surface area contributed by atoms with Gasteiger partial charge in [0.15, 0.2) is 0 Å². The molecule has 0 N–H and O–H groups in total. The standard InChI is InChI=1S/C19H25N5O2S/c1-14-22-16(11-27-14)10-26-9-15-3-6-23(2)19(7-15)12-24(13-19)18(25)17-8-20-4-5-21-17/h4-5,8,11,15H,3,6-7,9-10,12-13H2,1-2H3/t15-/m0/s1. The smallest absolute Gasteiger partial charge is 0.274 e. The van der Waals surface area contributed by atoms with Crippen LogP contribution in [0.4, 0.5) is 0 Å². The number of nitrogens with zero attached hydrogens (tertiary/aromatic N) is 5. The summed E-state index contributed by atoms with van der Waals surface area (Å²) in [5.41, 5.74) is 1.51. The first-order chi connectivity index (χ1) is 13.1. The van der Waals surface area contributed by atoms with Crippen molar-refractivity contribution >= 4 is 17.2 Å². The number of amides is 1. The highest BCUT2D eigenvalue weighted by atomic mass is 32.1. The van der Waals surface area contributed by atoms with Crippen LogP contribution in [0.1, 0.15) is 34.0 Å². The van der Waals surface area contributed by atoms with E-state index in [-0.39, 0.29) is 11.4 Å². The van der Waals surface area contributed by atoms with E-state index in [9.17, 15) is 4.79 Å². The van der Waals surface area contributed by atoms with Gasteiger partial charge in [0.05, 0.1) is 35.7 Å². The molecule has 0 radical (unpaired) electrons. The van der Waals surface area contributed by atoms with Crippen LogP contribution in [-0.2, 0) is 11.3 Å². The second kappa shape index (κ2) is 7.61. The minimum absolute atomic E-state index is 0.0283. The van der Waals surface area contributed by atoms with E-state index >= 15 is 0 Å². The van der Waals surface area contributed by atoms with E-state index in [1.54, 1.807) is 23.7 Å². The Bertz CT molecular complexity index is 790. The molecule has 27 heavy (non-hydrogen) atoms. The number of likely N-dealkylation sites (N-methyl/N-ethyl adjacent to an activating group) is 1. The zero-order chi connectivity index (χ0) is 18.9. The summed E-state index contributed by atoms with van der Waals surface area (Å²) in [4.78, 5) is 29.4. The van der Waals surface area contributed by atoms with Gasteiger partial charge in [-0.1, -0.05) is 0 Å². The van der Waals surface area contributed by atoms with Gasteiger partial charge >= 0.3 is 0 Å². The summed E-state index contributed by atoms with van der Waals surface area (Å²) < 4.78 is 5.94. The lowest BCUT2D eigenvalue weighted by molar-refractivity contribution is -0.0770. The Labute approximate surface area is 163 Å². The summed E-state index contributed by atoms with van der Waals surface area (Å²) in [6, 6.07) is 0. The van der Waals surface area contributed by atoms with Gasteiger partial charge in [-0.05, 0) is 39.3 Å². The fourth-order valence-electron chi connectivity index (χ4n) is 4.11. The van der Waals surface area contributed by atoms with Crippen LogP contribution in [0.25, 0.3) is 0 Å². The molecule has 1 amide bonds. The molecule has 7 nitrogen and oxygen atoms in total. The molecule has 4 rings (SSSR count). The Morgan fingerprint density at radius 3 is 2.96 bits per heavy atom. The number of likely N-dealkylation sites (tertiary alicyclic amines) is 2. The third-order valence-corrected chi connectivity index (χ3v) is 6.48. The molecule has 4 heterocycles. The summed E-state index contributed by atoms with van der Waals surface area (Å²) in [5, 5.41) is 3.14. The Balaban J connectivity index is 1.30. The molecule has 2 saturated heterocycles. The molecule has 2 aliphatic heterocycles. The third kappa shape index (κ3) is 3.88. The lowest BCUT2D eigenvalue weighted by Gasteiger charge is -2.58. The number of rotatable bonds is 5. The third-order valence-electron chi connectivity index (χ3n) is 5.66. The van der Waals surface area contributed by atoms with Crippen molar-refractivity contribution < 1.29 is 9.53 Å². The zero-order valence-corrected chi connectivity index (χ0v) is 16.6. The first-order valence-corrected chi connectivity index (χ1v) is 10.2. The first kappa shape index (κ1) is 18.5. The van der Waals surface area contributed by atoms with Crippen LogP contribution in [0, 0.1) is 12.8 Å². The monoisotopic (exact) mass is 387 g/mol. The average Bonchev–Trinajstić information content (AvgIpc) is 3.06. The largest absolute Gasteiger partial charge is 0.375 e. The van der Waals surface area contributed by atoms with Gasteiger partial charge in [0.1, 0.15) is 5.69 Å². The molecule has 0 saturated carbocycles.